The molecule has 1 aromatic heterocycles. The molecule has 5 heteroatoms. The molecular weight excluding hydrogens is 312 g/mol. The molecule has 0 saturated carbocycles. The molecule has 1 amide bonds. The third kappa shape index (κ3) is 3.21. The summed E-state index contributed by atoms with van der Waals surface area (Å²) in [6.07, 6.45) is 7.40. The largest absolute Gasteiger partial charge is 0.348 e. The third-order valence-corrected chi connectivity index (χ3v) is 5.56. The zero-order chi connectivity index (χ0) is 17.2. The minimum atomic E-state index is -0.189. The molecule has 1 aliphatic heterocycles. The van der Waals surface area contributed by atoms with Crippen LogP contribution in [-0.2, 0) is 18.3 Å². The molecule has 5 nitrogen and oxygen atoms in total. The predicted molar refractivity (Wildman–Crippen MR) is 97.0 cm³/mol. The van der Waals surface area contributed by atoms with E-state index in [-0.39, 0.29) is 18.0 Å². The van der Waals surface area contributed by atoms with E-state index in [2.05, 4.69) is 27.4 Å². The minimum Gasteiger partial charge on any atom is -0.348 e. The number of hydrogen-bond acceptors (Lipinski definition) is 3. The molecule has 2 aliphatic rings. The lowest BCUT2D eigenvalue weighted by Crippen LogP contribution is -2.41. The fourth-order valence-electron chi connectivity index (χ4n) is 4.27. The van der Waals surface area contributed by atoms with Crippen LogP contribution in [0.4, 0.5) is 0 Å². The van der Waals surface area contributed by atoms with E-state index in [1.165, 1.54) is 24.1 Å². The Morgan fingerprint density at radius 3 is 2.72 bits per heavy atom. The topological polar surface area (TPSA) is 50.2 Å². The molecule has 2 unspecified atom stereocenters. The fourth-order valence-corrected chi connectivity index (χ4v) is 4.27. The van der Waals surface area contributed by atoms with Crippen LogP contribution in [0.2, 0.25) is 0 Å². The number of fused-ring (bicyclic) bond motifs is 1. The van der Waals surface area contributed by atoms with Crippen LogP contribution >= 0.6 is 0 Å². The minimum absolute atomic E-state index is 0.0822. The van der Waals surface area contributed by atoms with Crippen LogP contribution in [0.1, 0.15) is 54.6 Å². The molecule has 1 N–H and O–H groups in total. The molecule has 2 heterocycles. The number of benzene rings is 1. The van der Waals surface area contributed by atoms with Gasteiger partial charge < -0.3 is 5.32 Å². The van der Waals surface area contributed by atoms with Crippen molar-refractivity contribution in [2.45, 2.75) is 44.2 Å². The van der Waals surface area contributed by atoms with Crippen LogP contribution in [0.3, 0.4) is 0 Å². The Hall–Kier alpha value is -2.14. The summed E-state index contributed by atoms with van der Waals surface area (Å²) in [5.41, 5.74) is 3.54. The van der Waals surface area contributed by atoms with Crippen LogP contribution in [0.5, 0.6) is 0 Å². The van der Waals surface area contributed by atoms with Gasteiger partial charge in [-0.2, -0.15) is 5.10 Å². The summed E-state index contributed by atoms with van der Waals surface area (Å²) in [7, 11) is 1.99. The Kier molecular flexibility index (Phi) is 4.57. The average molecular weight is 338 g/mol. The first-order chi connectivity index (χ1) is 12.2. The lowest BCUT2D eigenvalue weighted by molar-refractivity contribution is -0.127. The van der Waals surface area contributed by atoms with Gasteiger partial charge in [-0.05, 0) is 50.8 Å². The number of carbonyl (C=O) groups excluding carboxylic acids is 1. The number of rotatable bonds is 4. The summed E-state index contributed by atoms with van der Waals surface area (Å²) in [6, 6.07) is 10.1. The second kappa shape index (κ2) is 7.00. The maximum atomic E-state index is 13.2. The first-order valence-electron chi connectivity index (χ1n) is 9.34. The molecule has 2 atom stereocenters. The summed E-state index contributed by atoms with van der Waals surface area (Å²) in [4.78, 5) is 15.6. The highest BCUT2D eigenvalue weighted by molar-refractivity contribution is 5.83. The van der Waals surface area contributed by atoms with Gasteiger partial charge in [-0.3, -0.25) is 14.4 Å². The van der Waals surface area contributed by atoms with Gasteiger partial charge in [0.1, 0.15) is 6.04 Å². The Bertz CT molecular complexity index is 733. The van der Waals surface area contributed by atoms with Crippen LogP contribution in [0.15, 0.2) is 36.5 Å². The van der Waals surface area contributed by atoms with Crippen molar-refractivity contribution in [2.24, 2.45) is 7.05 Å². The first-order valence-corrected chi connectivity index (χ1v) is 9.34. The molecule has 1 aromatic carbocycles. The van der Waals surface area contributed by atoms with Crippen molar-refractivity contribution in [3.63, 3.8) is 0 Å². The number of aryl methyl sites for hydroxylation is 1. The van der Waals surface area contributed by atoms with Gasteiger partial charge in [0.05, 0.1) is 12.2 Å². The summed E-state index contributed by atoms with van der Waals surface area (Å²) >= 11 is 0. The molecule has 132 valence electrons. The highest BCUT2D eigenvalue weighted by atomic mass is 16.2. The second-order valence-electron chi connectivity index (χ2n) is 7.18. The third-order valence-electron chi connectivity index (χ3n) is 5.56. The Balaban J connectivity index is 1.57. The standard InChI is InChI=1S/C20H26N4O/c1-23-18-11-7-10-17(16(18)14-21-23)22-20(25)19(24-12-5-6-13-24)15-8-3-2-4-9-15/h2-4,8-9,14,17,19H,5-7,10-13H2,1H3,(H,22,25). The van der Waals surface area contributed by atoms with Gasteiger partial charge in [0.15, 0.2) is 0 Å². The van der Waals surface area contributed by atoms with Crippen molar-refractivity contribution in [1.29, 1.82) is 0 Å². The van der Waals surface area contributed by atoms with E-state index in [9.17, 15) is 4.79 Å². The van der Waals surface area contributed by atoms with E-state index in [1.807, 2.05) is 36.1 Å². The van der Waals surface area contributed by atoms with Gasteiger partial charge in [0.2, 0.25) is 5.91 Å². The number of amides is 1. The van der Waals surface area contributed by atoms with Gasteiger partial charge in [0.25, 0.3) is 0 Å². The molecule has 1 aliphatic carbocycles. The number of nitrogens with one attached hydrogen (secondary N) is 1. The Morgan fingerprint density at radius 1 is 1.20 bits per heavy atom. The van der Waals surface area contributed by atoms with Crippen molar-refractivity contribution >= 4 is 5.91 Å². The van der Waals surface area contributed by atoms with Crippen LogP contribution in [0.25, 0.3) is 0 Å². The van der Waals surface area contributed by atoms with Crippen molar-refractivity contribution in [2.75, 3.05) is 13.1 Å². The lowest BCUT2D eigenvalue weighted by atomic mass is 9.92. The second-order valence-corrected chi connectivity index (χ2v) is 7.18. The lowest BCUT2D eigenvalue weighted by Gasteiger charge is -2.30. The SMILES string of the molecule is Cn1ncc2c1CCCC2NC(=O)C(c1ccccc1)N1CCCC1. The van der Waals surface area contributed by atoms with E-state index in [1.54, 1.807) is 0 Å². The number of nitrogens with zero attached hydrogens (tertiary/aromatic N) is 3. The highest BCUT2D eigenvalue weighted by Crippen LogP contribution is 2.31. The molecule has 0 spiro atoms. The molecule has 0 radical (unpaired) electrons. The zero-order valence-corrected chi connectivity index (χ0v) is 14.8. The molecule has 1 fully saturated rings. The molecule has 1 saturated heterocycles. The van der Waals surface area contributed by atoms with Gasteiger partial charge in [-0.25, -0.2) is 0 Å². The van der Waals surface area contributed by atoms with Crippen molar-refractivity contribution in [1.82, 2.24) is 20.0 Å². The monoisotopic (exact) mass is 338 g/mol. The highest BCUT2D eigenvalue weighted by Gasteiger charge is 2.32. The number of likely N-dealkylation sites (tertiary alicyclic amines) is 1. The van der Waals surface area contributed by atoms with Crippen molar-refractivity contribution < 1.29 is 4.79 Å². The summed E-state index contributed by atoms with van der Waals surface area (Å²) in [6.45, 7) is 1.99. The van der Waals surface area contributed by atoms with Gasteiger partial charge in [-0.1, -0.05) is 30.3 Å². The fraction of sp³-hybridized carbons (Fsp3) is 0.500. The number of aromatic nitrogens is 2. The van der Waals surface area contributed by atoms with Crippen molar-refractivity contribution in [3.8, 4) is 0 Å². The zero-order valence-electron chi connectivity index (χ0n) is 14.8. The van der Waals surface area contributed by atoms with Crippen molar-refractivity contribution in [3.05, 3.63) is 53.3 Å². The summed E-state index contributed by atoms with van der Waals surface area (Å²) in [5, 5.41) is 7.72. The van der Waals surface area contributed by atoms with E-state index in [0.29, 0.717) is 0 Å². The predicted octanol–water partition coefficient (Wildman–Crippen LogP) is 2.75. The molecule has 4 rings (SSSR count). The van der Waals surface area contributed by atoms with Crippen LogP contribution < -0.4 is 5.32 Å². The molecule has 25 heavy (non-hydrogen) atoms. The van der Waals surface area contributed by atoms with Crippen LogP contribution in [-0.4, -0.2) is 33.7 Å². The smallest absolute Gasteiger partial charge is 0.242 e. The number of carbonyl (C=O) groups is 1. The van der Waals surface area contributed by atoms with E-state index in [4.69, 9.17) is 0 Å². The maximum absolute atomic E-state index is 13.2. The summed E-state index contributed by atoms with van der Waals surface area (Å²) in [5.74, 6) is 0.120. The average Bonchev–Trinajstić information content (AvgIpc) is 3.28. The molecular formula is C20H26N4O. The number of hydrogen-bond donors (Lipinski definition) is 1. The molecule has 0 bridgehead atoms. The maximum Gasteiger partial charge on any atom is 0.242 e. The van der Waals surface area contributed by atoms with E-state index >= 15 is 0 Å². The van der Waals surface area contributed by atoms with Gasteiger partial charge >= 0.3 is 0 Å². The van der Waals surface area contributed by atoms with Gasteiger partial charge in [-0.15, -0.1) is 0 Å². The first kappa shape index (κ1) is 16.3. The van der Waals surface area contributed by atoms with E-state index < -0.39 is 0 Å². The normalized spacial score (nSPS) is 21.7. The van der Waals surface area contributed by atoms with Gasteiger partial charge in [0, 0.05) is 18.3 Å². The van der Waals surface area contributed by atoms with Crippen LogP contribution in [0, 0.1) is 0 Å². The molecule has 2 aromatic rings. The Morgan fingerprint density at radius 2 is 1.96 bits per heavy atom. The summed E-state index contributed by atoms with van der Waals surface area (Å²) < 4.78 is 1.95. The van der Waals surface area contributed by atoms with E-state index in [0.717, 1.165) is 37.9 Å². The quantitative estimate of drug-likeness (QED) is 0.932. The Labute approximate surface area is 149 Å².